The van der Waals surface area contributed by atoms with Crippen LogP contribution < -0.4 is 10.0 Å². The number of aromatic nitrogens is 2. The Bertz CT molecular complexity index is 722. The van der Waals surface area contributed by atoms with Crippen LogP contribution in [0.3, 0.4) is 0 Å². The Labute approximate surface area is 125 Å². The van der Waals surface area contributed by atoms with Crippen LogP contribution in [0.1, 0.15) is 11.1 Å². The van der Waals surface area contributed by atoms with Crippen LogP contribution in [0, 0.1) is 13.8 Å². The first-order valence-electron chi connectivity index (χ1n) is 6.69. The quantitative estimate of drug-likeness (QED) is 0.848. The molecule has 0 unspecified atom stereocenters. The fraction of sp³-hybridized carbons (Fsp3) is 0.357. The molecule has 0 aliphatic rings. The number of likely N-dealkylation sites (N-methyl/N-ethyl adjacent to an activating group) is 1. The van der Waals surface area contributed by atoms with E-state index in [1.807, 2.05) is 33.0 Å². The van der Waals surface area contributed by atoms with Crippen molar-refractivity contribution >= 4 is 15.7 Å². The summed E-state index contributed by atoms with van der Waals surface area (Å²) in [7, 11) is -1.77. The number of hydrogen-bond acceptors (Lipinski definition) is 4. The summed E-state index contributed by atoms with van der Waals surface area (Å²) in [5.74, 6) is 0. The van der Waals surface area contributed by atoms with Gasteiger partial charge in [-0.3, -0.25) is 9.40 Å². The average Bonchev–Trinajstić information content (AvgIpc) is 2.90. The molecule has 0 aliphatic carbocycles. The molecule has 7 heteroatoms. The summed E-state index contributed by atoms with van der Waals surface area (Å²) in [5.41, 5.74) is 2.72. The van der Waals surface area contributed by atoms with Gasteiger partial charge in [-0.15, -0.1) is 0 Å². The molecule has 0 saturated heterocycles. The topological polar surface area (TPSA) is 76.0 Å². The van der Waals surface area contributed by atoms with E-state index in [-0.39, 0.29) is 4.90 Å². The molecule has 6 nitrogen and oxygen atoms in total. The van der Waals surface area contributed by atoms with Crippen molar-refractivity contribution in [3.63, 3.8) is 0 Å². The van der Waals surface area contributed by atoms with Gasteiger partial charge in [0.25, 0.3) is 10.0 Å². The van der Waals surface area contributed by atoms with Crippen LogP contribution in [-0.2, 0) is 16.6 Å². The predicted molar refractivity (Wildman–Crippen MR) is 82.9 cm³/mol. The fourth-order valence-corrected chi connectivity index (χ4v) is 2.85. The summed E-state index contributed by atoms with van der Waals surface area (Å²) >= 11 is 0. The van der Waals surface area contributed by atoms with Gasteiger partial charge in [-0.1, -0.05) is 6.07 Å². The normalized spacial score (nSPS) is 11.6. The Morgan fingerprint density at radius 3 is 2.67 bits per heavy atom. The molecule has 1 aromatic carbocycles. The zero-order chi connectivity index (χ0) is 15.5. The highest BCUT2D eigenvalue weighted by molar-refractivity contribution is 7.92. The highest BCUT2D eigenvalue weighted by atomic mass is 32.2. The number of hydrogen-bond donors (Lipinski definition) is 2. The van der Waals surface area contributed by atoms with Crippen molar-refractivity contribution in [3.8, 4) is 0 Å². The lowest BCUT2D eigenvalue weighted by atomic mass is 10.1. The maximum Gasteiger partial charge on any atom is 0.265 e. The number of nitrogens with zero attached hydrogens (tertiary/aromatic N) is 2. The Kier molecular flexibility index (Phi) is 4.64. The van der Waals surface area contributed by atoms with Crippen molar-refractivity contribution in [2.24, 2.45) is 0 Å². The van der Waals surface area contributed by atoms with Gasteiger partial charge in [0.15, 0.2) is 0 Å². The van der Waals surface area contributed by atoms with Gasteiger partial charge < -0.3 is 5.32 Å². The number of rotatable bonds is 6. The first-order chi connectivity index (χ1) is 9.92. The smallest absolute Gasteiger partial charge is 0.265 e. The van der Waals surface area contributed by atoms with Gasteiger partial charge in [-0.25, -0.2) is 8.42 Å². The molecule has 0 fully saturated rings. The molecule has 0 amide bonds. The Morgan fingerprint density at radius 2 is 2.00 bits per heavy atom. The molecule has 2 N–H and O–H groups in total. The standard InChI is InChI=1S/C14H20N4O2S/c1-11-4-5-13(8-12(11)2)17-21(19,20)14-9-16-18(10-14)7-6-15-3/h4-5,8-10,15,17H,6-7H2,1-3H3. The number of anilines is 1. The lowest BCUT2D eigenvalue weighted by Crippen LogP contribution is -2.15. The van der Waals surface area contributed by atoms with Crippen LogP contribution >= 0.6 is 0 Å². The van der Waals surface area contributed by atoms with Crippen LogP contribution in [0.5, 0.6) is 0 Å². The number of benzene rings is 1. The van der Waals surface area contributed by atoms with Gasteiger partial charge in [0.2, 0.25) is 0 Å². The van der Waals surface area contributed by atoms with Gasteiger partial charge in [-0.05, 0) is 44.2 Å². The molecule has 0 aliphatic heterocycles. The van der Waals surface area contributed by atoms with Gasteiger partial charge in [-0.2, -0.15) is 5.10 Å². The highest BCUT2D eigenvalue weighted by Gasteiger charge is 2.16. The maximum absolute atomic E-state index is 12.3. The molecular formula is C14H20N4O2S. The highest BCUT2D eigenvalue weighted by Crippen LogP contribution is 2.18. The molecule has 114 valence electrons. The molecule has 1 heterocycles. The van der Waals surface area contributed by atoms with Crippen molar-refractivity contribution in [1.82, 2.24) is 15.1 Å². The molecule has 0 atom stereocenters. The van der Waals surface area contributed by atoms with Crippen molar-refractivity contribution in [2.45, 2.75) is 25.3 Å². The summed E-state index contributed by atoms with van der Waals surface area (Å²) < 4.78 is 28.8. The van der Waals surface area contributed by atoms with E-state index < -0.39 is 10.0 Å². The summed E-state index contributed by atoms with van der Waals surface area (Å²) in [4.78, 5) is 0.164. The number of nitrogens with one attached hydrogen (secondary N) is 2. The van der Waals surface area contributed by atoms with E-state index in [0.717, 1.165) is 17.7 Å². The monoisotopic (exact) mass is 308 g/mol. The van der Waals surface area contributed by atoms with Gasteiger partial charge in [0.1, 0.15) is 4.90 Å². The van der Waals surface area contributed by atoms with Crippen molar-refractivity contribution in [1.29, 1.82) is 0 Å². The molecule has 2 aromatic rings. The molecule has 0 radical (unpaired) electrons. The minimum absolute atomic E-state index is 0.164. The second-order valence-corrected chi connectivity index (χ2v) is 6.63. The van der Waals surface area contributed by atoms with E-state index in [1.54, 1.807) is 10.7 Å². The van der Waals surface area contributed by atoms with Crippen LogP contribution in [0.4, 0.5) is 5.69 Å². The first kappa shape index (κ1) is 15.5. The molecule has 21 heavy (non-hydrogen) atoms. The number of sulfonamides is 1. The Morgan fingerprint density at radius 1 is 1.24 bits per heavy atom. The lowest BCUT2D eigenvalue weighted by molar-refractivity contribution is 0.582. The van der Waals surface area contributed by atoms with Gasteiger partial charge >= 0.3 is 0 Å². The van der Waals surface area contributed by atoms with Crippen LogP contribution in [0.15, 0.2) is 35.5 Å². The van der Waals surface area contributed by atoms with Crippen LogP contribution in [0.25, 0.3) is 0 Å². The van der Waals surface area contributed by atoms with E-state index in [9.17, 15) is 8.42 Å². The van der Waals surface area contributed by atoms with E-state index in [2.05, 4.69) is 15.1 Å². The zero-order valence-electron chi connectivity index (χ0n) is 12.4. The van der Waals surface area contributed by atoms with Crippen molar-refractivity contribution in [2.75, 3.05) is 18.3 Å². The third kappa shape index (κ3) is 3.83. The molecule has 2 rings (SSSR count). The molecule has 0 bridgehead atoms. The minimum atomic E-state index is -3.60. The third-order valence-corrected chi connectivity index (χ3v) is 4.61. The molecular weight excluding hydrogens is 288 g/mol. The van der Waals surface area contributed by atoms with E-state index in [1.165, 1.54) is 12.4 Å². The SMILES string of the molecule is CNCCn1cc(S(=O)(=O)Nc2ccc(C)c(C)c2)cn1. The largest absolute Gasteiger partial charge is 0.318 e. The van der Waals surface area contributed by atoms with Gasteiger partial charge in [0.05, 0.1) is 12.7 Å². The van der Waals surface area contributed by atoms with Crippen LogP contribution in [0.2, 0.25) is 0 Å². The van der Waals surface area contributed by atoms with E-state index in [0.29, 0.717) is 12.2 Å². The summed E-state index contributed by atoms with van der Waals surface area (Å²) in [5, 5.41) is 7.04. The Balaban J connectivity index is 2.17. The zero-order valence-corrected chi connectivity index (χ0v) is 13.2. The lowest BCUT2D eigenvalue weighted by Gasteiger charge is -2.08. The summed E-state index contributed by atoms with van der Waals surface area (Å²) in [6, 6.07) is 5.47. The van der Waals surface area contributed by atoms with Crippen molar-refractivity contribution in [3.05, 3.63) is 41.7 Å². The van der Waals surface area contributed by atoms with Crippen LogP contribution in [-0.4, -0.2) is 31.8 Å². The predicted octanol–water partition coefficient (Wildman–Crippen LogP) is 1.52. The summed E-state index contributed by atoms with van der Waals surface area (Å²) in [6.07, 6.45) is 2.89. The maximum atomic E-state index is 12.3. The van der Waals surface area contributed by atoms with Crippen molar-refractivity contribution < 1.29 is 8.42 Å². The third-order valence-electron chi connectivity index (χ3n) is 3.27. The first-order valence-corrected chi connectivity index (χ1v) is 8.18. The second-order valence-electron chi connectivity index (χ2n) is 4.95. The van der Waals surface area contributed by atoms with E-state index in [4.69, 9.17) is 0 Å². The molecule has 0 spiro atoms. The molecule has 1 aromatic heterocycles. The average molecular weight is 308 g/mol. The second kappa shape index (κ2) is 6.28. The summed E-state index contributed by atoms with van der Waals surface area (Å²) in [6.45, 7) is 5.28. The minimum Gasteiger partial charge on any atom is -0.318 e. The fourth-order valence-electron chi connectivity index (χ4n) is 1.85. The van der Waals surface area contributed by atoms with Gasteiger partial charge in [0, 0.05) is 18.4 Å². The number of aryl methyl sites for hydroxylation is 2. The molecule has 0 saturated carbocycles. The van der Waals surface area contributed by atoms with E-state index >= 15 is 0 Å². The Hall–Kier alpha value is -1.86.